The fraction of sp³-hybridized carbons (Fsp3) is 0.458. The minimum absolute atomic E-state index is 0.136. The van der Waals surface area contributed by atoms with Crippen LogP contribution in [-0.2, 0) is 26.0 Å². The summed E-state index contributed by atoms with van der Waals surface area (Å²) in [5.41, 5.74) is 2.90. The van der Waals surface area contributed by atoms with Gasteiger partial charge in [0.25, 0.3) is 0 Å². The molecule has 0 unspecified atom stereocenters. The molecule has 1 aliphatic heterocycles. The third-order valence-electron chi connectivity index (χ3n) is 5.49. The van der Waals surface area contributed by atoms with E-state index in [1.165, 1.54) is 23.0 Å². The summed E-state index contributed by atoms with van der Waals surface area (Å²) in [7, 11) is -2.09. The van der Waals surface area contributed by atoms with Crippen molar-refractivity contribution in [2.75, 3.05) is 46.6 Å². The molecule has 1 fully saturated rings. The fourth-order valence-corrected chi connectivity index (χ4v) is 5.16. The van der Waals surface area contributed by atoms with Crippen LogP contribution in [0.25, 0.3) is 0 Å². The van der Waals surface area contributed by atoms with E-state index in [1.807, 2.05) is 26.0 Å². The molecule has 0 spiro atoms. The van der Waals surface area contributed by atoms with Crippen LogP contribution in [0.15, 0.2) is 41.3 Å². The lowest BCUT2D eigenvalue weighted by Crippen LogP contribution is -2.40. The van der Waals surface area contributed by atoms with Crippen LogP contribution in [0.2, 0.25) is 0 Å². The molecule has 0 aliphatic carbocycles. The largest absolute Gasteiger partial charge is 0.496 e. The monoisotopic (exact) mass is 476 g/mol. The van der Waals surface area contributed by atoms with Gasteiger partial charge in [0.2, 0.25) is 15.9 Å². The number of sulfonamides is 1. The molecule has 0 atom stereocenters. The van der Waals surface area contributed by atoms with E-state index in [2.05, 4.69) is 11.4 Å². The van der Waals surface area contributed by atoms with Gasteiger partial charge in [0.1, 0.15) is 18.1 Å². The molecule has 0 aromatic heterocycles. The number of carbonyl (C=O) groups is 1. The van der Waals surface area contributed by atoms with Crippen LogP contribution >= 0.6 is 0 Å². The quantitative estimate of drug-likeness (QED) is 0.530. The van der Waals surface area contributed by atoms with Gasteiger partial charge in [-0.05, 0) is 55.7 Å². The van der Waals surface area contributed by atoms with Crippen LogP contribution in [0, 0.1) is 13.8 Å². The van der Waals surface area contributed by atoms with Gasteiger partial charge in [-0.1, -0.05) is 17.7 Å². The van der Waals surface area contributed by atoms with Crippen LogP contribution in [0.1, 0.15) is 23.1 Å². The first-order valence-corrected chi connectivity index (χ1v) is 12.5. The number of rotatable bonds is 10. The Morgan fingerprint density at radius 1 is 1.09 bits per heavy atom. The van der Waals surface area contributed by atoms with Crippen LogP contribution in [-0.4, -0.2) is 65.2 Å². The minimum Gasteiger partial charge on any atom is -0.496 e. The van der Waals surface area contributed by atoms with E-state index in [0.717, 1.165) is 11.3 Å². The van der Waals surface area contributed by atoms with E-state index < -0.39 is 10.0 Å². The van der Waals surface area contributed by atoms with E-state index in [1.54, 1.807) is 12.1 Å². The number of aryl methyl sites for hydroxylation is 3. The molecule has 33 heavy (non-hydrogen) atoms. The maximum atomic E-state index is 12.9. The Morgan fingerprint density at radius 3 is 2.52 bits per heavy atom. The molecule has 1 heterocycles. The molecule has 8 nitrogen and oxygen atoms in total. The van der Waals surface area contributed by atoms with Gasteiger partial charge in [0, 0.05) is 19.5 Å². The van der Waals surface area contributed by atoms with Gasteiger partial charge >= 0.3 is 0 Å². The standard InChI is InChI=1S/C24H32N2O6S/c1-18-4-7-22(19(2)16-18)32-13-10-25-24(27)9-5-20-17-21(6-8-23(20)30-3)33(28,29)26-11-14-31-15-12-26/h4,6-8,16-17H,5,9-15H2,1-3H3,(H,25,27). The number of hydrogen-bond donors (Lipinski definition) is 1. The van der Waals surface area contributed by atoms with E-state index >= 15 is 0 Å². The van der Waals surface area contributed by atoms with Crippen molar-refractivity contribution >= 4 is 15.9 Å². The second kappa shape index (κ2) is 11.5. The number of ether oxygens (including phenoxy) is 3. The average Bonchev–Trinajstić information content (AvgIpc) is 2.82. The highest BCUT2D eigenvalue weighted by molar-refractivity contribution is 7.89. The zero-order valence-electron chi connectivity index (χ0n) is 19.4. The summed E-state index contributed by atoms with van der Waals surface area (Å²) in [6.45, 7) is 6.19. The van der Waals surface area contributed by atoms with Gasteiger partial charge in [0.15, 0.2) is 0 Å². The second-order valence-corrected chi connectivity index (χ2v) is 9.90. The normalized spacial score (nSPS) is 14.6. The SMILES string of the molecule is COc1ccc(S(=O)(=O)N2CCOCC2)cc1CCC(=O)NCCOc1ccc(C)cc1C. The van der Waals surface area contributed by atoms with Crippen molar-refractivity contribution in [1.29, 1.82) is 0 Å². The van der Waals surface area contributed by atoms with Crippen molar-refractivity contribution < 1.29 is 27.4 Å². The zero-order chi connectivity index (χ0) is 23.8. The highest BCUT2D eigenvalue weighted by atomic mass is 32.2. The number of nitrogens with zero attached hydrogens (tertiary/aromatic N) is 1. The lowest BCUT2D eigenvalue weighted by atomic mass is 10.1. The first kappa shape index (κ1) is 25.0. The summed E-state index contributed by atoms with van der Waals surface area (Å²) in [5, 5.41) is 2.84. The van der Waals surface area contributed by atoms with E-state index in [0.29, 0.717) is 57.2 Å². The first-order valence-electron chi connectivity index (χ1n) is 11.0. The van der Waals surface area contributed by atoms with Crippen molar-refractivity contribution in [2.45, 2.75) is 31.6 Å². The third-order valence-corrected chi connectivity index (χ3v) is 7.39. The molecule has 180 valence electrons. The smallest absolute Gasteiger partial charge is 0.243 e. The fourth-order valence-electron chi connectivity index (χ4n) is 3.70. The lowest BCUT2D eigenvalue weighted by molar-refractivity contribution is -0.121. The third kappa shape index (κ3) is 6.69. The molecular formula is C24H32N2O6S. The summed E-state index contributed by atoms with van der Waals surface area (Å²) in [4.78, 5) is 12.5. The highest BCUT2D eigenvalue weighted by Gasteiger charge is 2.27. The van der Waals surface area contributed by atoms with Crippen LogP contribution in [0.3, 0.4) is 0 Å². The van der Waals surface area contributed by atoms with Gasteiger partial charge in [-0.3, -0.25) is 4.79 Å². The molecule has 0 saturated carbocycles. The molecule has 1 aliphatic rings. The summed E-state index contributed by atoms with van der Waals surface area (Å²) in [5.74, 6) is 1.22. The second-order valence-electron chi connectivity index (χ2n) is 7.96. The van der Waals surface area contributed by atoms with Crippen molar-refractivity contribution in [3.05, 3.63) is 53.1 Å². The molecular weight excluding hydrogens is 444 g/mol. The van der Waals surface area contributed by atoms with Gasteiger partial charge in [0.05, 0.1) is 31.8 Å². The summed E-state index contributed by atoms with van der Waals surface area (Å²) in [6.07, 6.45) is 0.570. The predicted octanol–water partition coefficient (Wildman–Crippen LogP) is 2.46. The Bertz CT molecular complexity index is 1060. The summed E-state index contributed by atoms with van der Waals surface area (Å²) >= 11 is 0. The van der Waals surface area contributed by atoms with Crippen LogP contribution in [0.5, 0.6) is 11.5 Å². The van der Waals surface area contributed by atoms with E-state index in [4.69, 9.17) is 14.2 Å². The Balaban J connectivity index is 1.54. The van der Waals surface area contributed by atoms with Crippen molar-refractivity contribution in [3.8, 4) is 11.5 Å². The Morgan fingerprint density at radius 2 is 1.82 bits per heavy atom. The van der Waals surface area contributed by atoms with Gasteiger partial charge in [-0.2, -0.15) is 4.31 Å². The molecule has 1 amide bonds. The minimum atomic E-state index is -3.62. The van der Waals surface area contributed by atoms with Crippen molar-refractivity contribution in [1.82, 2.24) is 9.62 Å². The predicted molar refractivity (Wildman–Crippen MR) is 125 cm³/mol. The summed E-state index contributed by atoms with van der Waals surface area (Å²) in [6, 6.07) is 10.7. The number of benzene rings is 2. The van der Waals surface area contributed by atoms with Crippen molar-refractivity contribution in [3.63, 3.8) is 0 Å². The van der Waals surface area contributed by atoms with E-state index in [-0.39, 0.29) is 17.2 Å². The number of morpholine rings is 1. The molecule has 1 saturated heterocycles. The number of methoxy groups -OCH3 is 1. The topological polar surface area (TPSA) is 94.2 Å². The molecule has 3 rings (SSSR count). The number of amides is 1. The molecule has 0 radical (unpaired) electrons. The lowest BCUT2D eigenvalue weighted by Gasteiger charge is -2.26. The maximum absolute atomic E-state index is 12.9. The molecule has 1 N–H and O–H groups in total. The molecule has 9 heteroatoms. The number of hydrogen-bond acceptors (Lipinski definition) is 6. The summed E-state index contributed by atoms with van der Waals surface area (Å²) < 4.78 is 43.7. The highest BCUT2D eigenvalue weighted by Crippen LogP contribution is 2.26. The van der Waals surface area contributed by atoms with E-state index in [9.17, 15) is 13.2 Å². The Labute approximate surface area is 195 Å². The Hall–Kier alpha value is -2.62. The van der Waals surface area contributed by atoms with Gasteiger partial charge in [-0.25, -0.2) is 8.42 Å². The molecule has 2 aromatic rings. The Kier molecular flexibility index (Phi) is 8.71. The van der Waals surface area contributed by atoms with Gasteiger partial charge in [-0.15, -0.1) is 0 Å². The molecule has 2 aromatic carbocycles. The zero-order valence-corrected chi connectivity index (χ0v) is 20.2. The molecule has 0 bridgehead atoms. The number of carbonyl (C=O) groups excluding carboxylic acids is 1. The van der Waals surface area contributed by atoms with Crippen molar-refractivity contribution in [2.24, 2.45) is 0 Å². The average molecular weight is 477 g/mol. The van der Waals surface area contributed by atoms with Gasteiger partial charge < -0.3 is 19.5 Å². The van der Waals surface area contributed by atoms with Crippen LogP contribution < -0.4 is 14.8 Å². The number of nitrogens with one attached hydrogen (secondary N) is 1. The first-order chi connectivity index (χ1) is 15.8. The van der Waals surface area contributed by atoms with Crippen LogP contribution in [0.4, 0.5) is 0 Å². The maximum Gasteiger partial charge on any atom is 0.243 e.